The molecule has 0 amide bonds. The Morgan fingerprint density at radius 2 is 0.431 bits per heavy atom. The van der Waals surface area contributed by atoms with Crippen molar-refractivity contribution in [2.24, 2.45) is 0 Å². The molecule has 0 saturated carbocycles. The monoisotopic (exact) mass is 740 g/mol. The lowest BCUT2D eigenvalue weighted by molar-refractivity contribution is 1.01. The average molecular weight is 741 g/mol. The third-order valence-electron chi connectivity index (χ3n) is 12.0. The Hall–Kier alpha value is -7.96. The molecule has 6 aromatic heterocycles. The summed E-state index contributed by atoms with van der Waals surface area (Å²) in [5, 5.41) is 9.54. The first-order chi connectivity index (χ1) is 28.8. The number of fused-ring (bicyclic) bond motifs is 12. The number of nitrogens with zero attached hydrogens (tertiary/aromatic N) is 6. The lowest BCUT2D eigenvalue weighted by Crippen LogP contribution is -2.03. The Morgan fingerprint density at radius 3 is 0.707 bits per heavy atom. The molecule has 7 aromatic carbocycles. The molecular weight excluding hydrogens is 709 g/mol. The first-order valence-corrected chi connectivity index (χ1v) is 19.7. The van der Waals surface area contributed by atoms with E-state index in [-0.39, 0.29) is 0 Å². The fourth-order valence-electron chi connectivity index (χ4n) is 9.59. The highest BCUT2D eigenvalue weighted by Crippen LogP contribution is 2.40. The molecule has 0 fully saturated rings. The van der Waals surface area contributed by atoms with Gasteiger partial charge < -0.3 is 0 Å². The van der Waals surface area contributed by atoms with Gasteiger partial charge in [0.1, 0.15) is 23.3 Å². The molecule has 6 heterocycles. The lowest BCUT2D eigenvalue weighted by atomic mass is 10.1. The van der Waals surface area contributed by atoms with E-state index in [2.05, 4.69) is 212 Å². The molecule has 0 radical (unpaired) electrons. The zero-order chi connectivity index (χ0) is 37.9. The van der Waals surface area contributed by atoms with Gasteiger partial charge in [0.2, 0.25) is 0 Å². The summed E-state index contributed by atoms with van der Waals surface area (Å²) in [7, 11) is 0. The number of hydrogen-bond acceptors (Lipinski definition) is 2. The quantitative estimate of drug-likeness (QED) is 0.180. The molecule has 6 heteroatoms. The number of para-hydroxylation sites is 6. The Balaban J connectivity index is 1.05. The minimum absolute atomic E-state index is 0.870. The second kappa shape index (κ2) is 11.8. The first-order valence-electron chi connectivity index (χ1n) is 19.7. The van der Waals surface area contributed by atoms with Gasteiger partial charge in [-0.05, 0) is 72.8 Å². The van der Waals surface area contributed by atoms with Crippen molar-refractivity contribution in [1.82, 2.24) is 28.2 Å². The van der Waals surface area contributed by atoms with Crippen LogP contribution in [0, 0.1) is 0 Å². The van der Waals surface area contributed by atoms with Crippen LogP contribution in [0.4, 0.5) is 0 Å². The van der Waals surface area contributed by atoms with E-state index in [0.29, 0.717) is 0 Å². The van der Waals surface area contributed by atoms with Crippen molar-refractivity contribution in [2.75, 3.05) is 0 Å². The van der Waals surface area contributed by atoms with Gasteiger partial charge in [-0.3, -0.25) is 18.3 Å². The molecule has 0 unspecified atom stereocenters. The third-order valence-corrected chi connectivity index (χ3v) is 12.0. The van der Waals surface area contributed by atoms with Crippen molar-refractivity contribution in [3.63, 3.8) is 0 Å². The number of aromatic nitrogens is 6. The van der Waals surface area contributed by atoms with E-state index in [0.717, 1.165) is 78.2 Å². The van der Waals surface area contributed by atoms with Crippen LogP contribution in [0.2, 0.25) is 0 Å². The van der Waals surface area contributed by atoms with Crippen LogP contribution in [0.25, 0.3) is 110 Å². The molecule has 270 valence electrons. The Kier molecular flexibility index (Phi) is 6.35. The zero-order valence-corrected chi connectivity index (χ0v) is 31.2. The van der Waals surface area contributed by atoms with Crippen molar-refractivity contribution in [1.29, 1.82) is 0 Å². The van der Waals surface area contributed by atoms with Gasteiger partial charge in [0, 0.05) is 43.1 Å². The summed E-state index contributed by atoms with van der Waals surface area (Å²) in [4.78, 5) is 10.9. The summed E-state index contributed by atoms with van der Waals surface area (Å²) in [5.41, 5.74) is 8.99. The van der Waals surface area contributed by atoms with E-state index in [1.807, 2.05) is 0 Å². The van der Waals surface area contributed by atoms with Crippen molar-refractivity contribution >= 4 is 87.2 Å². The molecule has 0 aliphatic carbocycles. The van der Waals surface area contributed by atoms with Crippen LogP contribution in [0.5, 0.6) is 0 Å². The maximum Gasteiger partial charge on any atom is 0.140 e. The van der Waals surface area contributed by atoms with Crippen LogP contribution >= 0.6 is 0 Å². The van der Waals surface area contributed by atoms with E-state index in [1.54, 1.807) is 0 Å². The van der Waals surface area contributed by atoms with E-state index in [1.165, 1.54) is 32.3 Å². The topological polar surface area (TPSA) is 45.5 Å². The second-order valence-corrected chi connectivity index (χ2v) is 15.0. The van der Waals surface area contributed by atoms with Gasteiger partial charge in [0.15, 0.2) is 0 Å². The fourth-order valence-corrected chi connectivity index (χ4v) is 9.59. The largest absolute Gasteiger partial charge is 0.294 e. The molecule has 0 N–H and O–H groups in total. The van der Waals surface area contributed by atoms with Crippen LogP contribution in [-0.4, -0.2) is 28.2 Å². The predicted octanol–water partition coefficient (Wildman–Crippen LogP) is 12.9. The molecule has 6 nitrogen and oxygen atoms in total. The van der Waals surface area contributed by atoms with Crippen LogP contribution in [0.15, 0.2) is 194 Å². The summed E-state index contributed by atoms with van der Waals surface area (Å²) < 4.78 is 9.23. The Labute approximate surface area is 331 Å². The smallest absolute Gasteiger partial charge is 0.140 e. The highest BCUT2D eigenvalue weighted by atomic mass is 15.2. The normalized spacial score (nSPS) is 12.1. The third kappa shape index (κ3) is 4.26. The predicted molar refractivity (Wildman–Crippen MR) is 239 cm³/mol. The van der Waals surface area contributed by atoms with E-state index < -0.39 is 0 Å². The summed E-state index contributed by atoms with van der Waals surface area (Å²) in [6.45, 7) is 0. The minimum atomic E-state index is 0.870. The molecule has 0 spiro atoms. The van der Waals surface area contributed by atoms with Crippen molar-refractivity contribution < 1.29 is 0 Å². The van der Waals surface area contributed by atoms with Gasteiger partial charge in [-0.2, -0.15) is 0 Å². The summed E-state index contributed by atoms with van der Waals surface area (Å²) in [6.07, 6.45) is 0. The van der Waals surface area contributed by atoms with Crippen LogP contribution in [-0.2, 0) is 0 Å². The van der Waals surface area contributed by atoms with Crippen molar-refractivity contribution in [2.45, 2.75) is 0 Å². The lowest BCUT2D eigenvalue weighted by Gasteiger charge is -2.12. The number of pyridine rings is 2. The molecule has 0 saturated heterocycles. The number of rotatable bonds is 4. The summed E-state index contributed by atoms with van der Waals surface area (Å²) in [5.74, 6) is 3.50. The second-order valence-electron chi connectivity index (χ2n) is 15.0. The van der Waals surface area contributed by atoms with E-state index >= 15 is 0 Å². The fraction of sp³-hybridized carbons (Fsp3) is 0. The molecule has 13 aromatic rings. The van der Waals surface area contributed by atoms with Gasteiger partial charge in [-0.15, -0.1) is 0 Å². The van der Waals surface area contributed by atoms with Gasteiger partial charge in [-0.1, -0.05) is 121 Å². The van der Waals surface area contributed by atoms with Crippen LogP contribution in [0.3, 0.4) is 0 Å². The van der Waals surface area contributed by atoms with Gasteiger partial charge >= 0.3 is 0 Å². The highest BCUT2D eigenvalue weighted by molar-refractivity contribution is 6.19. The SMILES string of the molecule is c1cc(-n2c3ccccc3c3ccccc32)nc(-n2c3ccccc3c3cc4c(cc32)c2ccccc2n4-c2cccc(-n3c4ccccc4c4ccccc43)n2)c1. The van der Waals surface area contributed by atoms with Crippen LogP contribution < -0.4 is 0 Å². The standard InChI is InChI=1S/C52H32N6/c1-7-21-41-33(15-1)34-16-2-8-22-42(34)55(41)49-27-13-29-51(53-49)57-45-25-11-5-19-37(45)39-32-48-40(31-47(39)57)38-20-6-12-26-46(38)58(48)52-30-14-28-50(54-52)56-43-23-9-3-17-35(43)36-18-4-10-24-44(36)56/h1-32H. The average Bonchev–Trinajstić information content (AvgIpc) is 4.01. The van der Waals surface area contributed by atoms with Gasteiger partial charge in [0.25, 0.3) is 0 Å². The first kappa shape index (κ1) is 31.3. The maximum absolute atomic E-state index is 5.44. The zero-order valence-electron chi connectivity index (χ0n) is 31.2. The van der Waals surface area contributed by atoms with E-state index in [4.69, 9.17) is 9.97 Å². The molecule has 58 heavy (non-hydrogen) atoms. The van der Waals surface area contributed by atoms with Gasteiger partial charge in [-0.25, -0.2) is 9.97 Å². The number of hydrogen-bond donors (Lipinski definition) is 0. The van der Waals surface area contributed by atoms with Crippen molar-refractivity contribution in [3.8, 4) is 23.3 Å². The number of benzene rings is 7. The van der Waals surface area contributed by atoms with Crippen LogP contribution in [0.1, 0.15) is 0 Å². The van der Waals surface area contributed by atoms with E-state index in [9.17, 15) is 0 Å². The Morgan fingerprint density at radius 1 is 0.207 bits per heavy atom. The minimum Gasteiger partial charge on any atom is -0.294 e. The molecular formula is C52H32N6. The maximum atomic E-state index is 5.44. The van der Waals surface area contributed by atoms with Gasteiger partial charge in [0.05, 0.1) is 44.1 Å². The molecule has 0 atom stereocenters. The van der Waals surface area contributed by atoms with Crippen molar-refractivity contribution in [3.05, 3.63) is 194 Å². The molecule has 0 aliphatic heterocycles. The highest BCUT2D eigenvalue weighted by Gasteiger charge is 2.21. The summed E-state index contributed by atoms with van der Waals surface area (Å²) >= 11 is 0. The summed E-state index contributed by atoms with van der Waals surface area (Å²) in [6, 6.07) is 69.2. The molecule has 13 rings (SSSR count). The molecule has 0 aliphatic rings. The Bertz CT molecular complexity index is 3460. The molecule has 0 bridgehead atoms.